The minimum atomic E-state index is -5.19. The first-order valence-corrected chi connectivity index (χ1v) is 9.35. The third-order valence-electron chi connectivity index (χ3n) is 4.40. The fourth-order valence-electron chi connectivity index (χ4n) is 2.86. The number of nitrogens with zero attached hydrogens (tertiary/aromatic N) is 3. The highest BCUT2D eigenvalue weighted by molar-refractivity contribution is 5.93. The second-order valence-electron chi connectivity index (χ2n) is 6.72. The molecule has 9 nitrogen and oxygen atoms in total. The van der Waals surface area contributed by atoms with Crippen LogP contribution in [0.5, 0.6) is 0 Å². The molecule has 0 saturated carbocycles. The number of alkyl halides is 3. The first-order valence-electron chi connectivity index (χ1n) is 9.35. The summed E-state index contributed by atoms with van der Waals surface area (Å²) in [5.41, 5.74) is 6.66. The van der Waals surface area contributed by atoms with Gasteiger partial charge in [0.15, 0.2) is 12.3 Å². The highest BCUT2D eigenvalue weighted by atomic mass is 19.4. The molecule has 0 spiro atoms. The van der Waals surface area contributed by atoms with Crippen molar-refractivity contribution in [1.29, 1.82) is 0 Å². The molecule has 3 aromatic rings. The maximum Gasteiger partial charge on any atom is 0.490 e. The lowest BCUT2D eigenvalue weighted by Crippen LogP contribution is -2.29. The van der Waals surface area contributed by atoms with Gasteiger partial charge in [-0.05, 0) is 35.4 Å². The number of aromatic nitrogens is 3. The lowest BCUT2D eigenvalue weighted by molar-refractivity contribution is -0.199. The van der Waals surface area contributed by atoms with E-state index in [2.05, 4.69) is 15.2 Å². The van der Waals surface area contributed by atoms with Crippen molar-refractivity contribution in [2.75, 3.05) is 18.5 Å². The molecule has 0 atom stereocenters. The number of carbonyl (C=O) groups is 2. The second-order valence-corrected chi connectivity index (χ2v) is 6.72. The van der Waals surface area contributed by atoms with Gasteiger partial charge in [-0.15, -0.1) is 5.10 Å². The van der Waals surface area contributed by atoms with Crippen molar-refractivity contribution in [3.63, 3.8) is 0 Å². The van der Waals surface area contributed by atoms with Gasteiger partial charge < -0.3 is 15.8 Å². The molecule has 3 N–H and O–H groups in total. The Kier molecular flexibility index (Phi) is 6.92. The molecular formula is C20H17F4N5O4. The van der Waals surface area contributed by atoms with Gasteiger partial charge in [0.05, 0.1) is 18.6 Å². The number of halogens is 4. The molecule has 13 heteroatoms. The number of anilines is 1. The summed E-state index contributed by atoms with van der Waals surface area (Å²) in [4.78, 5) is 35.2. The number of hydrogen-bond acceptors (Lipinski definition) is 6. The Bertz CT molecular complexity index is 1260. The van der Waals surface area contributed by atoms with Crippen LogP contribution in [0.25, 0.3) is 16.9 Å². The van der Waals surface area contributed by atoms with Gasteiger partial charge in [0.25, 0.3) is 5.91 Å². The highest BCUT2D eigenvalue weighted by Gasteiger charge is 2.41. The SMILES string of the molecule is NC/C(=C\F)Cn1nc2cccc(-c3ccc(NC(=O)COC(=O)C(F)(F)F)cc3)n2c1=O. The van der Waals surface area contributed by atoms with Crippen molar-refractivity contribution in [2.24, 2.45) is 5.73 Å². The number of nitrogens with two attached hydrogens (primary N) is 1. The first-order chi connectivity index (χ1) is 15.6. The summed E-state index contributed by atoms with van der Waals surface area (Å²) in [6, 6.07) is 10.9. The zero-order valence-corrected chi connectivity index (χ0v) is 16.8. The number of fused-ring (bicyclic) bond motifs is 1. The predicted molar refractivity (Wildman–Crippen MR) is 109 cm³/mol. The Morgan fingerprint density at radius 1 is 1.15 bits per heavy atom. The van der Waals surface area contributed by atoms with Crippen LogP contribution >= 0.6 is 0 Å². The smallest absolute Gasteiger partial charge is 0.449 e. The molecule has 0 saturated heterocycles. The van der Waals surface area contributed by atoms with Crippen molar-refractivity contribution >= 4 is 23.2 Å². The van der Waals surface area contributed by atoms with E-state index < -0.39 is 30.3 Å². The third kappa shape index (κ3) is 5.44. The van der Waals surface area contributed by atoms with E-state index in [-0.39, 0.29) is 24.4 Å². The summed E-state index contributed by atoms with van der Waals surface area (Å²) in [5.74, 6) is -3.43. The van der Waals surface area contributed by atoms with Gasteiger partial charge in [-0.1, -0.05) is 18.2 Å². The van der Waals surface area contributed by atoms with Gasteiger partial charge in [0.1, 0.15) is 0 Å². The molecule has 174 valence electrons. The van der Waals surface area contributed by atoms with E-state index in [1.807, 2.05) is 0 Å². The van der Waals surface area contributed by atoms with Crippen molar-refractivity contribution in [1.82, 2.24) is 14.2 Å². The van der Waals surface area contributed by atoms with E-state index >= 15 is 0 Å². The molecular weight excluding hydrogens is 450 g/mol. The van der Waals surface area contributed by atoms with Gasteiger partial charge in [-0.25, -0.2) is 23.1 Å². The molecule has 0 aliphatic heterocycles. The van der Waals surface area contributed by atoms with Crippen LogP contribution in [-0.4, -0.2) is 45.4 Å². The lowest BCUT2D eigenvalue weighted by atomic mass is 10.1. The summed E-state index contributed by atoms with van der Waals surface area (Å²) in [5, 5.41) is 6.46. The summed E-state index contributed by atoms with van der Waals surface area (Å²) < 4.78 is 55.5. The van der Waals surface area contributed by atoms with E-state index in [0.717, 1.165) is 4.68 Å². The molecule has 2 aromatic heterocycles. The molecule has 2 heterocycles. The summed E-state index contributed by atoms with van der Waals surface area (Å²) in [6.07, 6.45) is -4.86. The minimum absolute atomic E-state index is 0.0771. The van der Waals surface area contributed by atoms with Crippen LogP contribution in [0.4, 0.5) is 23.2 Å². The number of nitrogens with one attached hydrogen (secondary N) is 1. The van der Waals surface area contributed by atoms with Gasteiger partial charge in [-0.2, -0.15) is 13.2 Å². The third-order valence-corrected chi connectivity index (χ3v) is 4.40. The minimum Gasteiger partial charge on any atom is -0.449 e. The van der Waals surface area contributed by atoms with Crippen LogP contribution in [0.2, 0.25) is 0 Å². The number of amides is 1. The fourth-order valence-corrected chi connectivity index (χ4v) is 2.86. The topological polar surface area (TPSA) is 121 Å². The molecule has 0 aliphatic rings. The van der Waals surface area contributed by atoms with Gasteiger partial charge in [0.2, 0.25) is 0 Å². The lowest BCUT2D eigenvalue weighted by Gasteiger charge is -2.09. The van der Waals surface area contributed by atoms with Gasteiger partial charge >= 0.3 is 17.8 Å². The van der Waals surface area contributed by atoms with E-state index in [1.54, 1.807) is 30.3 Å². The number of ether oxygens (including phenoxy) is 1. The number of carbonyl (C=O) groups excluding carboxylic acids is 2. The van der Waals surface area contributed by atoms with Crippen molar-refractivity contribution in [3.8, 4) is 11.3 Å². The molecule has 3 rings (SSSR count). The summed E-state index contributed by atoms with van der Waals surface area (Å²) >= 11 is 0. The summed E-state index contributed by atoms with van der Waals surface area (Å²) in [6.45, 7) is -1.30. The van der Waals surface area contributed by atoms with E-state index in [0.29, 0.717) is 23.2 Å². The predicted octanol–water partition coefficient (Wildman–Crippen LogP) is 2.02. The number of rotatable bonds is 7. The Hall–Kier alpha value is -4.00. The van der Waals surface area contributed by atoms with Crippen molar-refractivity contribution in [3.05, 3.63) is 64.9 Å². The maximum absolute atomic E-state index is 12.8. The van der Waals surface area contributed by atoms with E-state index in [4.69, 9.17) is 5.73 Å². The van der Waals surface area contributed by atoms with Crippen LogP contribution < -0.4 is 16.7 Å². The Morgan fingerprint density at radius 3 is 2.45 bits per heavy atom. The average molecular weight is 467 g/mol. The largest absolute Gasteiger partial charge is 0.490 e. The molecule has 1 amide bonds. The van der Waals surface area contributed by atoms with Crippen molar-refractivity contribution < 1.29 is 31.9 Å². The average Bonchev–Trinajstić information content (AvgIpc) is 3.11. The first kappa shape index (κ1) is 23.7. The number of esters is 1. The van der Waals surface area contributed by atoms with E-state index in [1.165, 1.54) is 16.5 Å². The molecule has 0 fully saturated rings. The van der Waals surface area contributed by atoms with Crippen LogP contribution in [0.1, 0.15) is 0 Å². The Morgan fingerprint density at radius 2 is 1.85 bits per heavy atom. The Balaban J connectivity index is 1.79. The second kappa shape index (κ2) is 9.65. The molecule has 0 aliphatic carbocycles. The van der Waals surface area contributed by atoms with Gasteiger partial charge in [0, 0.05) is 12.2 Å². The van der Waals surface area contributed by atoms with Crippen LogP contribution in [0.15, 0.2) is 59.2 Å². The number of benzene rings is 1. The Labute approximate surface area is 183 Å². The zero-order chi connectivity index (χ0) is 24.2. The normalized spacial score (nSPS) is 12.1. The number of pyridine rings is 1. The quantitative estimate of drug-likeness (QED) is 0.405. The molecule has 1 aromatic carbocycles. The highest BCUT2D eigenvalue weighted by Crippen LogP contribution is 2.22. The molecule has 0 unspecified atom stereocenters. The van der Waals surface area contributed by atoms with Gasteiger partial charge in [-0.3, -0.25) is 4.79 Å². The summed E-state index contributed by atoms with van der Waals surface area (Å²) in [7, 11) is 0. The number of hydrogen-bond donors (Lipinski definition) is 2. The molecule has 0 radical (unpaired) electrons. The zero-order valence-electron chi connectivity index (χ0n) is 16.8. The standard InChI is InChI=1S/C20H17F4N5O4/c21-8-12(9-25)10-28-19(32)29-15(2-1-3-16(29)27-28)13-4-6-14(7-5-13)26-17(30)11-33-18(31)20(22,23)24/h1-8H,9-11,25H2,(H,26,30)/b12-8+. The van der Waals surface area contributed by atoms with Crippen LogP contribution in [-0.2, 0) is 20.9 Å². The monoisotopic (exact) mass is 467 g/mol. The van der Waals surface area contributed by atoms with Crippen molar-refractivity contribution in [2.45, 2.75) is 12.7 Å². The fraction of sp³-hybridized carbons (Fsp3) is 0.200. The maximum atomic E-state index is 12.8. The van der Waals surface area contributed by atoms with E-state index in [9.17, 15) is 31.9 Å². The molecule has 0 bridgehead atoms. The van der Waals surface area contributed by atoms with Crippen LogP contribution in [0.3, 0.4) is 0 Å². The molecule has 33 heavy (non-hydrogen) atoms. The van der Waals surface area contributed by atoms with Crippen LogP contribution in [0, 0.1) is 0 Å².